The van der Waals surface area contributed by atoms with Crippen LogP contribution in [0.15, 0.2) is 71.1 Å². The first kappa shape index (κ1) is 20.0. The van der Waals surface area contributed by atoms with Gasteiger partial charge in [0.1, 0.15) is 23.9 Å². The van der Waals surface area contributed by atoms with E-state index in [1.165, 1.54) is 0 Å². The number of carbonyl (C=O) groups excluding carboxylic acids is 2. The van der Waals surface area contributed by atoms with Crippen LogP contribution in [0.2, 0.25) is 0 Å². The molecule has 2 amide bonds. The third-order valence-corrected chi connectivity index (χ3v) is 3.87. The molecule has 7 heteroatoms. The van der Waals surface area contributed by atoms with Crippen molar-refractivity contribution in [2.75, 3.05) is 18.5 Å². The highest BCUT2D eigenvalue weighted by Crippen LogP contribution is 2.18. The van der Waals surface area contributed by atoms with Gasteiger partial charge in [-0.1, -0.05) is 18.2 Å². The van der Waals surface area contributed by atoms with Crippen molar-refractivity contribution >= 4 is 17.5 Å². The van der Waals surface area contributed by atoms with Crippen molar-refractivity contribution in [3.63, 3.8) is 0 Å². The van der Waals surface area contributed by atoms with E-state index in [-0.39, 0.29) is 30.8 Å². The van der Waals surface area contributed by atoms with Gasteiger partial charge in [-0.3, -0.25) is 9.59 Å². The molecule has 2 aromatic carbocycles. The van der Waals surface area contributed by atoms with E-state index in [9.17, 15) is 9.59 Å². The molecular formula is C22H22N2O5. The SMILES string of the molecule is CCNC(=O)COc1ccc(NC(=O)c2ccc(COc3ccccc3)o2)cc1. The summed E-state index contributed by atoms with van der Waals surface area (Å²) in [6.07, 6.45) is 0. The van der Waals surface area contributed by atoms with Gasteiger partial charge >= 0.3 is 0 Å². The fourth-order valence-electron chi connectivity index (χ4n) is 2.47. The molecule has 0 atom stereocenters. The average molecular weight is 394 g/mol. The largest absolute Gasteiger partial charge is 0.486 e. The Morgan fingerprint density at radius 2 is 1.62 bits per heavy atom. The van der Waals surface area contributed by atoms with Crippen molar-refractivity contribution in [2.24, 2.45) is 0 Å². The van der Waals surface area contributed by atoms with Gasteiger partial charge in [0.2, 0.25) is 0 Å². The number of anilines is 1. The molecule has 0 aliphatic carbocycles. The molecule has 0 fully saturated rings. The van der Waals surface area contributed by atoms with E-state index in [1.807, 2.05) is 37.3 Å². The number of ether oxygens (including phenoxy) is 2. The quantitative estimate of drug-likeness (QED) is 0.579. The molecule has 0 spiro atoms. The van der Waals surface area contributed by atoms with Gasteiger partial charge < -0.3 is 24.5 Å². The summed E-state index contributed by atoms with van der Waals surface area (Å²) in [5.41, 5.74) is 0.582. The van der Waals surface area contributed by atoms with Gasteiger partial charge in [0.15, 0.2) is 12.4 Å². The summed E-state index contributed by atoms with van der Waals surface area (Å²) in [6.45, 7) is 2.57. The molecular weight excluding hydrogens is 372 g/mol. The van der Waals surface area contributed by atoms with Crippen molar-refractivity contribution in [2.45, 2.75) is 13.5 Å². The number of likely N-dealkylation sites (N-methyl/N-ethyl adjacent to an activating group) is 1. The fraction of sp³-hybridized carbons (Fsp3) is 0.182. The van der Waals surface area contributed by atoms with Gasteiger partial charge in [-0.2, -0.15) is 0 Å². The molecule has 0 saturated heterocycles. The minimum atomic E-state index is -0.369. The van der Waals surface area contributed by atoms with Crippen LogP contribution < -0.4 is 20.1 Å². The first-order valence-corrected chi connectivity index (χ1v) is 9.21. The Bertz CT molecular complexity index is 935. The zero-order valence-electron chi connectivity index (χ0n) is 16.0. The second-order valence-electron chi connectivity index (χ2n) is 6.09. The Morgan fingerprint density at radius 3 is 2.34 bits per heavy atom. The lowest BCUT2D eigenvalue weighted by atomic mass is 10.3. The number of amides is 2. The van der Waals surface area contributed by atoms with E-state index < -0.39 is 0 Å². The van der Waals surface area contributed by atoms with Crippen LogP contribution in [0.1, 0.15) is 23.2 Å². The van der Waals surface area contributed by atoms with Crippen molar-refractivity contribution in [3.8, 4) is 11.5 Å². The van der Waals surface area contributed by atoms with Crippen LogP contribution in [0.5, 0.6) is 11.5 Å². The van der Waals surface area contributed by atoms with Crippen LogP contribution in [0.25, 0.3) is 0 Å². The van der Waals surface area contributed by atoms with E-state index in [1.54, 1.807) is 36.4 Å². The molecule has 1 heterocycles. The zero-order valence-corrected chi connectivity index (χ0v) is 16.0. The van der Waals surface area contributed by atoms with Crippen LogP contribution in [0, 0.1) is 0 Å². The summed E-state index contributed by atoms with van der Waals surface area (Å²) in [6, 6.07) is 19.4. The summed E-state index contributed by atoms with van der Waals surface area (Å²) >= 11 is 0. The first-order chi connectivity index (χ1) is 14.1. The number of para-hydroxylation sites is 1. The highest BCUT2D eigenvalue weighted by molar-refractivity contribution is 6.02. The van der Waals surface area contributed by atoms with E-state index in [2.05, 4.69) is 10.6 Å². The molecule has 1 aromatic heterocycles. The second kappa shape index (κ2) is 9.98. The standard InChI is InChI=1S/C22H22N2O5/c1-2-23-21(25)15-28-18-10-8-16(9-11-18)24-22(26)20-13-12-19(29-20)14-27-17-6-4-3-5-7-17/h3-13H,2,14-15H2,1H3,(H,23,25)(H,24,26). The molecule has 3 rings (SSSR count). The minimum Gasteiger partial charge on any atom is -0.486 e. The number of hydrogen-bond acceptors (Lipinski definition) is 5. The lowest BCUT2D eigenvalue weighted by molar-refractivity contribution is -0.122. The van der Waals surface area contributed by atoms with Crippen LogP contribution >= 0.6 is 0 Å². The molecule has 0 bridgehead atoms. The highest BCUT2D eigenvalue weighted by atomic mass is 16.5. The van der Waals surface area contributed by atoms with E-state index in [0.29, 0.717) is 23.7 Å². The van der Waals surface area contributed by atoms with Gasteiger partial charge in [-0.15, -0.1) is 0 Å². The fourth-order valence-corrected chi connectivity index (χ4v) is 2.47. The number of nitrogens with one attached hydrogen (secondary N) is 2. The Kier molecular flexibility index (Phi) is 6.89. The Labute approximate surface area is 168 Å². The van der Waals surface area contributed by atoms with Gasteiger partial charge in [0.05, 0.1) is 0 Å². The zero-order chi connectivity index (χ0) is 20.5. The normalized spacial score (nSPS) is 10.2. The molecule has 0 saturated carbocycles. The van der Waals surface area contributed by atoms with E-state index >= 15 is 0 Å². The Balaban J connectivity index is 1.50. The number of rotatable bonds is 9. The van der Waals surface area contributed by atoms with Crippen molar-refractivity contribution in [1.82, 2.24) is 5.32 Å². The summed E-state index contributed by atoms with van der Waals surface area (Å²) in [4.78, 5) is 23.7. The highest BCUT2D eigenvalue weighted by Gasteiger charge is 2.12. The lowest BCUT2D eigenvalue weighted by Crippen LogP contribution is -2.28. The van der Waals surface area contributed by atoms with Gasteiger partial charge in [-0.05, 0) is 55.5 Å². The number of hydrogen-bond donors (Lipinski definition) is 2. The monoisotopic (exact) mass is 394 g/mol. The molecule has 29 heavy (non-hydrogen) atoms. The van der Waals surface area contributed by atoms with Gasteiger partial charge in [0, 0.05) is 12.2 Å². The summed E-state index contributed by atoms with van der Waals surface area (Å²) in [5.74, 6) is 1.44. The minimum absolute atomic E-state index is 0.0558. The predicted molar refractivity (Wildman–Crippen MR) is 108 cm³/mol. The van der Waals surface area contributed by atoms with Crippen LogP contribution in [-0.2, 0) is 11.4 Å². The molecule has 0 aliphatic rings. The maximum Gasteiger partial charge on any atom is 0.291 e. The maximum absolute atomic E-state index is 12.3. The molecule has 7 nitrogen and oxygen atoms in total. The van der Waals surface area contributed by atoms with Gasteiger partial charge in [0.25, 0.3) is 11.8 Å². The molecule has 0 radical (unpaired) electrons. The second-order valence-corrected chi connectivity index (χ2v) is 6.09. The molecule has 3 aromatic rings. The number of carbonyl (C=O) groups is 2. The van der Waals surface area contributed by atoms with Gasteiger partial charge in [-0.25, -0.2) is 0 Å². The number of furan rings is 1. The Hall–Kier alpha value is -3.74. The Morgan fingerprint density at radius 1 is 0.897 bits per heavy atom. The van der Waals surface area contributed by atoms with E-state index in [4.69, 9.17) is 13.9 Å². The predicted octanol–water partition coefficient (Wildman–Crippen LogP) is 3.63. The van der Waals surface area contributed by atoms with Crippen molar-refractivity contribution in [3.05, 3.63) is 78.3 Å². The third kappa shape index (κ3) is 6.14. The topological polar surface area (TPSA) is 89.8 Å². The van der Waals surface area contributed by atoms with Crippen molar-refractivity contribution in [1.29, 1.82) is 0 Å². The van der Waals surface area contributed by atoms with Crippen LogP contribution in [-0.4, -0.2) is 25.0 Å². The molecule has 150 valence electrons. The molecule has 0 unspecified atom stereocenters. The number of benzene rings is 2. The van der Waals surface area contributed by atoms with Crippen molar-refractivity contribution < 1.29 is 23.5 Å². The summed E-state index contributed by atoms with van der Waals surface area (Å²) < 4.78 is 16.5. The summed E-state index contributed by atoms with van der Waals surface area (Å²) in [5, 5.41) is 5.40. The first-order valence-electron chi connectivity index (χ1n) is 9.21. The third-order valence-electron chi connectivity index (χ3n) is 3.87. The molecule has 2 N–H and O–H groups in total. The van der Waals surface area contributed by atoms with E-state index in [0.717, 1.165) is 5.75 Å². The smallest absolute Gasteiger partial charge is 0.291 e. The lowest BCUT2D eigenvalue weighted by Gasteiger charge is -2.08. The van der Waals surface area contributed by atoms with Crippen LogP contribution in [0.4, 0.5) is 5.69 Å². The van der Waals surface area contributed by atoms with Crippen LogP contribution in [0.3, 0.4) is 0 Å². The average Bonchev–Trinajstić information content (AvgIpc) is 3.22. The summed E-state index contributed by atoms with van der Waals surface area (Å²) in [7, 11) is 0. The maximum atomic E-state index is 12.3. The molecule has 0 aliphatic heterocycles.